The summed E-state index contributed by atoms with van der Waals surface area (Å²) in [5.41, 5.74) is 1.69. The van der Waals surface area contributed by atoms with Crippen LogP contribution >= 0.6 is 11.6 Å². The van der Waals surface area contributed by atoms with Crippen LogP contribution in [0.5, 0.6) is 0 Å². The van der Waals surface area contributed by atoms with Gasteiger partial charge < -0.3 is 0 Å². The molecule has 2 unspecified atom stereocenters. The first-order chi connectivity index (χ1) is 11.2. The number of rotatable bonds is 5. The predicted octanol–water partition coefficient (Wildman–Crippen LogP) is 4.16. The van der Waals surface area contributed by atoms with Crippen LogP contribution in [0.25, 0.3) is 0 Å². The summed E-state index contributed by atoms with van der Waals surface area (Å²) in [5, 5.41) is 4.79. The molecule has 116 valence electrons. The first-order valence-electron chi connectivity index (χ1n) is 7.35. The zero-order chi connectivity index (χ0) is 16.2. The number of hydrogen-bond donors (Lipinski definition) is 0. The van der Waals surface area contributed by atoms with E-state index in [0.29, 0.717) is 10.6 Å². The topological polar surface area (TPSA) is 47.8 Å². The van der Waals surface area contributed by atoms with Gasteiger partial charge in [-0.3, -0.25) is 4.79 Å². The van der Waals surface area contributed by atoms with Crippen LogP contribution in [-0.4, -0.2) is 20.5 Å². The number of halogens is 1. The van der Waals surface area contributed by atoms with E-state index in [1.807, 2.05) is 37.3 Å². The molecule has 5 heteroatoms. The van der Waals surface area contributed by atoms with E-state index in [4.69, 9.17) is 11.6 Å². The van der Waals surface area contributed by atoms with Gasteiger partial charge in [0.05, 0.1) is 0 Å². The van der Waals surface area contributed by atoms with Crippen molar-refractivity contribution in [2.75, 3.05) is 0 Å². The number of Topliss-reactive ketones (excluding diaryl/α,β-unsaturated/α-hetero) is 1. The SMILES string of the molecule is CC(c1ccccc1)C(C(=O)c1ccc(Cl)cc1)n1cncn1. The molecule has 4 nitrogen and oxygen atoms in total. The molecule has 0 aliphatic carbocycles. The highest BCUT2D eigenvalue weighted by molar-refractivity contribution is 6.30. The predicted molar refractivity (Wildman–Crippen MR) is 89.7 cm³/mol. The first kappa shape index (κ1) is 15.4. The Morgan fingerprint density at radius 1 is 1.09 bits per heavy atom. The quantitative estimate of drug-likeness (QED) is 0.662. The number of carbonyl (C=O) groups is 1. The van der Waals surface area contributed by atoms with Crippen molar-refractivity contribution >= 4 is 17.4 Å². The van der Waals surface area contributed by atoms with Crippen molar-refractivity contribution < 1.29 is 4.79 Å². The molecule has 2 aromatic carbocycles. The number of benzene rings is 2. The Labute approximate surface area is 139 Å². The summed E-state index contributed by atoms with van der Waals surface area (Å²) in [6.45, 7) is 2.02. The van der Waals surface area contributed by atoms with E-state index in [2.05, 4.69) is 10.1 Å². The molecule has 0 saturated heterocycles. The molecular formula is C18H16ClN3O. The lowest BCUT2D eigenvalue weighted by Crippen LogP contribution is -2.25. The van der Waals surface area contributed by atoms with Crippen LogP contribution in [0.15, 0.2) is 67.3 Å². The summed E-state index contributed by atoms with van der Waals surface area (Å²) < 4.78 is 1.62. The molecule has 0 aliphatic rings. The Morgan fingerprint density at radius 3 is 2.39 bits per heavy atom. The summed E-state index contributed by atoms with van der Waals surface area (Å²) in [4.78, 5) is 17.0. The van der Waals surface area contributed by atoms with Gasteiger partial charge in [-0.15, -0.1) is 0 Å². The lowest BCUT2D eigenvalue weighted by molar-refractivity contribution is 0.0901. The monoisotopic (exact) mass is 325 g/mol. The third kappa shape index (κ3) is 3.32. The Morgan fingerprint density at radius 2 is 1.78 bits per heavy atom. The molecule has 3 aromatic rings. The van der Waals surface area contributed by atoms with Gasteiger partial charge in [-0.2, -0.15) is 5.10 Å². The molecular weight excluding hydrogens is 310 g/mol. The number of aromatic nitrogens is 3. The first-order valence-corrected chi connectivity index (χ1v) is 7.73. The number of nitrogens with zero attached hydrogens (tertiary/aromatic N) is 3. The van der Waals surface area contributed by atoms with Gasteiger partial charge in [0, 0.05) is 16.5 Å². The Balaban J connectivity index is 1.99. The van der Waals surface area contributed by atoms with E-state index >= 15 is 0 Å². The number of carbonyl (C=O) groups excluding carboxylic acids is 1. The van der Waals surface area contributed by atoms with Crippen molar-refractivity contribution in [1.29, 1.82) is 0 Å². The van der Waals surface area contributed by atoms with Crippen LogP contribution in [0.1, 0.15) is 34.8 Å². The normalized spacial score (nSPS) is 13.5. The summed E-state index contributed by atoms with van der Waals surface area (Å²) >= 11 is 5.92. The van der Waals surface area contributed by atoms with Gasteiger partial charge in [0.15, 0.2) is 5.78 Å². The second-order valence-corrected chi connectivity index (χ2v) is 5.83. The van der Waals surface area contributed by atoms with Crippen LogP contribution in [0.2, 0.25) is 5.02 Å². The molecule has 2 atom stereocenters. The highest BCUT2D eigenvalue weighted by atomic mass is 35.5. The molecule has 0 aliphatic heterocycles. The Hall–Kier alpha value is -2.46. The summed E-state index contributed by atoms with van der Waals surface area (Å²) in [5.74, 6) is -0.0513. The van der Waals surface area contributed by atoms with Gasteiger partial charge in [0.2, 0.25) is 0 Å². The lowest BCUT2D eigenvalue weighted by Gasteiger charge is -2.23. The Kier molecular flexibility index (Phi) is 4.53. The maximum Gasteiger partial charge on any atom is 0.188 e. The zero-order valence-electron chi connectivity index (χ0n) is 12.6. The molecule has 0 fully saturated rings. The van der Waals surface area contributed by atoms with Crippen molar-refractivity contribution in [2.45, 2.75) is 18.9 Å². The van der Waals surface area contributed by atoms with Crippen molar-refractivity contribution in [2.24, 2.45) is 0 Å². The summed E-state index contributed by atoms with van der Waals surface area (Å²) in [7, 11) is 0. The second kappa shape index (κ2) is 6.75. The van der Waals surface area contributed by atoms with Gasteiger partial charge in [-0.25, -0.2) is 9.67 Å². The Bertz CT molecular complexity index is 770. The van der Waals surface area contributed by atoms with Gasteiger partial charge in [-0.05, 0) is 29.8 Å². The highest BCUT2D eigenvalue weighted by Crippen LogP contribution is 2.30. The molecule has 3 rings (SSSR count). The molecule has 0 radical (unpaired) electrons. The van der Waals surface area contributed by atoms with E-state index in [1.165, 1.54) is 6.33 Å². The molecule has 0 spiro atoms. The zero-order valence-corrected chi connectivity index (χ0v) is 13.4. The second-order valence-electron chi connectivity index (χ2n) is 5.39. The van der Waals surface area contributed by atoms with Gasteiger partial charge >= 0.3 is 0 Å². The molecule has 0 N–H and O–H groups in total. The van der Waals surface area contributed by atoms with E-state index < -0.39 is 6.04 Å². The van der Waals surface area contributed by atoms with Gasteiger partial charge in [0.1, 0.15) is 18.7 Å². The minimum Gasteiger partial charge on any atom is -0.292 e. The van der Waals surface area contributed by atoms with Crippen LogP contribution in [0.3, 0.4) is 0 Å². The van der Waals surface area contributed by atoms with Crippen LogP contribution < -0.4 is 0 Å². The van der Waals surface area contributed by atoms with Crippen molar-refractivity contribution in [3.8, 4) is 0 Å². The standard InChI is InChI=1S/C18H16ClN3O/c1-13(14-5-3-2-4-6-14)17(22-12-20-11-21-22)18(23)15-7-9-16(19)10-8-15/h2-13,17H,1H3. The molecule has 0 saturated carbocycles. The van der Waals surface area contributed by atoms with Gasteiger partial charge in [-0.1, -0.05) is 48.9 Å². The van der Waals surface area contributed by atoms with E-state index in [-0.39, 0.29) is 11.7 Å². The summed E-state index contributed by atoms with van der Waals surface area (Å²) in [6, 6.07) is 16.4. The van der Waals surface area contributed by atoms with Crippen LogP contribution in [0, 0.1) is 0 Å². The maximum atomic E-state index is 13.0. The molecule has 1 aromatic heterocycles. The van der Waals surface area contributed by atoms with Crippen molar-refractivity contribution in [3.63, 3.8) is 0 Å². The maximum absolute atomic E-state index is 13.0. The fourth-order valence-corrected chi connectivity index (χ4v) is 2.79. The average molecular weight is 326 g/mol. The van der Waals surface area contributed by atoms with E-state index in [9.17, 15) is 4.79 Å². The lowest BCUT2D eigenvalue weighted by atomic mass is 9.88. The van der Waals surface area contributed by atoms with E-state index in [1.54, 1.807) is 35.3 Å². The average Bonchev–Trinajstić information content (AvgIpc) is 3.10. The summed E-state index contributed by atoms with van der Waals surface area (Å²) in [6.07, 6.45) is 3.03. The van der Waals surface area contributed by atoms with Crippen molar-refractivity contribution in [3.05, 3.63) is 83.4 Å². The van der Waals surface area contributed by atoms with E-state index in [0.717, 1.165) is 5.56 Å². The van der Waals surface area contributed by atoms with Crippen LogP contribution in [0.4, 0.5) is 0 Å². The third-order valence-corrected chi connectivity index (χ3v) is 4.17. The largest absolute Gasteiger partial charge is 0.292 e. The fourth-order valence-electron chi connectivity index (χ4n) is 2.66. The minimum absolute atomic E-state index is 0.0106. The third-order valence-electron chi connectivity index (χ3n) is 3.92. The molecule has 0 amide bonds. The fraction of sp³-hybridized carbons (Fsp3) is 0.167. The van der Waals surface area contributed by atoms with Crippen LogP contribution in [-0.2, 0) is 0 Å². The number of hydrogen-bond acceptors (Lipinski definition) is 3. The number of ketones is 1. The smallest absolute Gasteiger partial charge is 0.188 e. The minimum atomic E-state index is -0.457. The van der Waals surface area contributed by atoms with Gasteiger partial charge in [0.25, 0.3) is 0 Å². The highest BCUT2D eigenvalue weighted by Gasteiger charge is 2.29. The molecule has 1 heterocycles. The molecule has 0 bridgehead atoms. The molecule has 23 heavy (non-hydrogen) atoms. The van der Waals surface area contributed by atoms with Crippen molar-refractivity contribution in [1.82, 2.24) is 14.8 Å².